The largest absolute Gasteiger partial charge is 0.481 e. The second-order valence-corrected chi connectivity index (χ2v) is 5.73. The molecule has 0 amide bonds. The van der Waals surface area contributed by atoms with Crippen molar-refractivity contribution in [3.63, 3.8) is 0 Å². The number of aliphatic carboxylic acids is 1. The molecule has 1 unspecified atom stereocenters. The minimum absolute atomic E-state index is 0.348. The highest BCUT2D eigenvalue weighted by molar-refractivity contribution is 5.76. The molecule has 0 spiro atoms. The molecule has 1 aromatic carbocycles. The van der Waals surface area contributed by atoms with Crippen LogP contribution in [0, 0.1) is 0 Å². The van der Waals surface area contributed by atoms with E-state index in [0.29, 0.717) is 12.1 Å². The maximum Gasteiger partial charge on any atom is 0.416 e. The fraction of sp³-hybridized carbons (Fsp3) is 0.562. The van der Waals surface area contributed by atoms with Crippen LogP contribution in [0.1, 0.15) is 42.7 Å². The summed E-state index contributed by atoms with van der Waals surface area (Å²) in [5.74, 6) is -1.79. The second-order valence-electron chi connectivity index (χ2n) is 5.73. The van der Waals surface area contributed by atoms with Crippen molar-refractivity contribution >= 4 is 5.97 Å². The summed E-state index contributed by atoms with van der Waals surface area (Å²) < 4.78 is 37.7. The van der Waals surface area contributed by atoms with Crippen LogP contribution in [0.4, 0.5) is 13.2 Å². The zero-order valence-corrected chi connectivity index (χ0v) is 12.3. The molecule has 1 aliphatic rings. The normalized spacial score (nSPS) is 18.7. The van der Waals surface area contributed by atoms with Crippen LogP contribution in [0.3, 0.4) is 0 Å². The summed E-state index contributed by atoms with van der Waals surface area (Å²) >= 11 is 0. The van der Waals surface area contributed by atoms with E-state index in [1.165, 1.54) is 12.1 Å². The molecule has 6 heteroatoms. The number of carbonyl (C=O) groups is 1. The van der Waals surface area contributed by atoms with Gasteiger partial charge in [-0.25, -0.2) is 0 Å². The second kappa shape index (κ2) is 7.13. The molecular formula is C16H20F3NO2. The predicted octanol–water partition coefficient (Wildman–Crippen LogP) is 3.75. The number of benzene rings is 1. The van der Waals surface area contributed by atoms with Crippen molar-refractivity contribution in [3.05, 3.63) is 35.4 Å². The standard InChI is InChI=1S/C16H20F3NO2/c17-16(18,19)13-7-5-12(6-8-13)14(15(21)22)11-20-9-3-1-2-4-10-20/h5-8,14H,1-4,9-11H2,(H,21,22). The van der Waals surface area contributed by atoms with Gasteiger partial charge in [0.1, 0.15) is 0 Å². The fourth-order valence-corrected chi connectivity index (χ4v) is 2.81. The van der Waals surface area contributed by atoms with Gasteiger partial charge in [0.15, 0.2) is 0 Å². The van der Waals surface area contributed by atoms with Gasteiger partial charge < -0.3 is 10.0 Å². The number of nitrogens with zero attached hydrogens (tertiary/aromatic N) is 1. The molecule has 1 aliphatic heterocycles. The van der Waals surface area contributed by atoms with Crippen LogP contribution >= 0.6 is 0 Å². The summed E-state index contributed by atoms with van der Waals surface area (Å²) in [6.07, 6.45) is -0.0240. The van der Waals surface area contributed by atoms with Crippen LogP contribution in [0.2, 0.25) is 0 Å². The average Bonchev–Trinajstić information content (AvgIpc) is 2.72. The van der Waals surface area contributed by atoms with Gasteiger partial charge in [-0.2, -0.15) is 13.2 Å². The highest BCUT2D eigenvalue weighted by Gasteiger charge is 2.31. The predicted molar refractivity (Wildman–Crippen MR) is 76.7 cm³/mol. The van der Waals surface area contributed by atoms with E-state index in [9.17, 15) is 23.1 Å². The minimum Gasteiger partial charge on any atom is -0.481 e. The molecule has 1 saturated heterocycles. The molecule has 0 saturated carbocycles. The maximum absolute atomic E-state index is 12.6. The first-order valence-corrected chi connectivity index (χ1v) is 7.50. The Labute approximate surface area is 127 Å². The Hall–Kier alpha value is -1.56. The lowest BCUT2D eigenvalue weighted by Crippen LogP contribution is -2.32. The third-order valence-corrected chi connectivity index (χ3v) is 4.08. The van der Waals surface area contributed by atoms with E-state index < -0.39 is 23.6 Å². The molecule has 2 rings (SSSR count). The highest BCUT2D eigenvalue weighted by Crippen LogP contribution is 2.30. The van der Waals surface area contributed by atoms with Gasteiger partial charge in [0.25, 0.3) is 0 Å². The third-order valence-electron chi connectivity index (χ3n) is 4.08. The van der Waals surface area contributed by atoms with Crippen LogP contribution in [0.25, 0.3) is 0 Å². The lowest BCUT2D eigenvalue weighted by Gasteiger charge is -2.24. The smallest absolute Gasteiger partial charge is 0.416 e. The number of carboxylic acid groups (broad SMARTS) is 1. The first-order valence-electron chi connectivity index (χ1n) is 7.50. The first-order chi connectivity index (χ1) is 10.4. The number of hydrogen-bond acceptors (Lipinski definition) is 2. The molecule has 0 radical (unpaired) electrons. The Morgan fingerprint density at radius 3 is 2.09 bits per heavy atom. The Balaban J connectivity index is 2.12. The van der Waals surface area contributed by atoms with Gasteiger partial charge >= 0.3 is 12.1 Å². The average molecular weight is 315 g/mol. The molecule has 3 nitrogen and oxygen atoms in total. The van der Waals surface area contributed by atoms with Crippen molar-refractivity contribution in [1.82, 2.24) is 4.90 Å². The summed E-state index contributed by atoms with van der Waals surface area (Å²) in [5, 5.41) is 9.41. The van der Waals surface area contributed by atoms with Gasteiger partial charge in [-0.05, 0) is 43.6 Å². The summed E-state index contributed by atoms with van der Waals surface area (Å²) in [4.78, 5) is 13.6. The third kappa shape index (κ3) is 4.47. The number of hydrogen-bond donors (Lipinski definition) is 1. The molecule has 1 aromatic rings. The minimum atomic E-state index is -4.40. The van der Waals surface area contributed by atoms with Crippen molar-refractivity contribution in [3.8, 4) is 0 Å². The first kappa shape index (κ1) is 16.8. The molecule has 1 N–H and O–H groups in total. The SMILES string of the molecule is O=C(O)C(CN1CCCCCC1)c1ccc(C(F)(F)F)cc1. The van der Waals surface area contributed by atoms with Gasteiger partial charge in [0, 0.05) is 6.54 Å². The van der Waals surface area contributed by atoms with Crippen molar-refractivity contribution in [2.75, 3.05) is 19.6 Å². The van der Waals surface area contributed by atoms with Gasteiger partial charge in [0.05, 0.1) is 11.5 Å². The number of rotatable bonds is 4. The summed E-state index contributed by atoms with van der Waals surface area (Å²) in [6.45, 7) is 2.05. The number of alkyl halides is 3. The molecule has 22 heavy (non-hydrogen) atoms. The summed E-state index contributed by atoms with van der Waals surface area (Å²) in [5.41, 5.74) is -0.333. The molecule has 0 bridgehead atoms. The van der Waals surface area contributed by atoms with Gasteiger partial charge in [-0.1, -0.05) is 25.0 Å². The van der Waals surface area contributed by atoms with Crippen molar-refractivity contribution < 1.29 is 23.1 Å². The van der Waals surface area contributed by atoms with Crippen molar-refractivity contribution in [1.29, 1.82) is 0 Å². The zero-order chi connectivity index (χ0) is 16.2. The topological polar surface area (TPSA) is 40.5 Å². The van der Waals surface area contributed by atoms with Crippen LogP contribution in [-0.2, 0) is 11.0 Å². The van der Waals surface area contributed by atoms with E-state index in [1.807, 2.05) is 0 Å². The highest BCUT2D eigenvalue weighted by atomic mass is 19.4. The lowest BCUT2D eigenvalue weighted by molar-refractivity contribution is -0.139. The van der Waals surface area contributed by atoms with E-state index in [4.69, 9.17) is 0 Å². The maximum atomic E-state index is 12.6. The van der Waals surface area contributed by atoms with Crippen LogP contribution in [-0.4, -0.2) is 35.6 Å². The van der Waals surface area contributed by atoms with Crippen LogP contribution < -0.4 is 0 Å². The molecule has 1 heterocycles. The van der Waals surface area contributed by atoms with E-state index >= 15 is 0 Å². The van der Waals surface area contributed by atoms with Crippen LogP contribution in [0.5, 0.6) is 0 Å². The summed E-state index contributed by atoms with van der Waals surface area (Å²) in [7, 11) is 0. The number of carboxylic acids is 1. The van der Waals surface area contributed by atoms with Crippen molar-refractivity contribution in [2.45, 2.75) is 37.8 Å². The van der Waals surface area contributed by atoms with E-state index in [1.54, 1.807) is 0 Å². The molecule has 1 fully saturated rings. The van der Waals surface area contributed by atoms with Gasteiger partial charge in [-0.15, -0.1) is 0 Å². The van der Waals surface area contributed by atoms with Gasteiger partial charge in [0.2, 0.25) is 0 Å². The zero-order valence-electron chi connectivity index (χ0n) is 12.3. The molecule has 0 aliphatic carbocycles. The summed E-state index contributed by atoms with van der Waals surface area (Å²) in [6, 6.07) is 4.46. The Morgan fingerprint density at radius 2 is 1.64 bits per heavy atom. The van der Waals surface area contributed by atoms with Crippen molar-refractivity contribution in [2.24, 2.45) is 0 Å². The lowest BCUT2D eigenvalue weighted by atomic mass is 9.97. The van der Waals surface area contributed by atoms with E-state index in [-0.39, 0.29) is 0 Å². The Bertz CT molecular complexity index is 491. The Morgan fingerprint density at radius 1 is 1.09 bits per heavy atom. The Kier molecular flexibility index (Phi) is 5.45. The molecular weight excluding hydrogens is 295 g/mol. The monoisotopic (exact) mass is 315 g/mol. The number of halogens is 3. The quantitative estimate of drug-likeness (QED) is 0.920. The molecule has 0 aromatic heterocycles. The van der Waals surface area contributed by atoms with E-state index in [2.05, 4.69) is 4.90 Å². The fourth-order valence-electron chi connectivity index (χ4n) is 2.81. The number of likely N-dealkylation sites (tertiary alicyclic amines) is 1. The molecule has 122 valence electrons. The molecule has 1 atom stereocenters. The van der Waals surface area contributed by atoms with Crippen LogP contribution in [0.15, 0.2) is 24.3 Å². The van der Waals surface area contributed by atoms with Gasteiger partial charge in [-0.3, -0.25) is 4.79 Å². The van der Waals surface area contributed by atoms with E-state index in [0.717, 1.165) is 50.9 Å².